The number of aryl methyl sites for hydroxylation is 1. The van der Waals surface area contributed by atoms with Crippen LogP contribution in [0.5, 0.6) is 0 Å². The van der Waals surface area contributed by atoms with Crippen molar-refractivity contribution in [3.8, 4) is 0 Å². The summed E-state index contributed by atoms with van der Waals surface area (Å²) in [5.74, 6) is -1.47. The van der Waals surface area contributed by atoms with Gasteiger partial charge < -0.3 is 9.84 Å². The van der Waals surface area contributed by atoms with Crippen LogP contribution < -0.4 is 5.32 Å². The molecule has 0 aliphatic carbocycles. The Hall–Kier alpha value is -1.88. The SMILES string of the molecule is Cc1ccc(COC(=O)CNCC(=O)O)cc1. The third-order valence-corrected chi connectivity index (χ3v) is 2.07. The maximum Gasteiger partial charge on any atom is 0.320 e. The van der Waals surface area contributed by atoms with Gasteiger partial charge in [-0.15, -0.1) is 0 Å². The number of benzene rings is 1. The summed E-state index contributed by atoms with van der Waals surface area (Å²) in [6, 6.07) is 7.64. The molecule has 0 aromatic heterocycles. The molecule has 0 atom stereocenters. The van der Waals surface area contributed by atoms with Crippen LogP contribution in [-0.4, -0.2) is 30.1 Å². The van der Waals surface area contributed by atoms with E-state index in [1.54, 1.807) is 0 Å². The number of ether oxygens (including phenoxy) is 1. The monoisotopic (exact) mass is 237 g/mol. The minimum atomic E-state index is -1.00. The summed E-state index contributed by atoms with van der Waals surface area (Å²) in [6.07, 6.45) is 0. The summed E-state index contributed by atoms with van der Waals surface area (Å²) >= 11 is 0. The molecule has 5 nitrogen and oxygen atoms in total. The molecular formula is C12H15NO4. The Labute approximate surface area is 99.4 Å². The number of rotatable bonds is 6. The van der Waals surface area contributed by atoms with Crippen molar-refractivity contribution in [1.82, 2.24) is 5.32 Å². The summed E-state index contributed by atoms with van der Waals surface area (Å²) in [4.78, 5) is 21.4. The average molecular weight is 237 g/mol. The first-order valence-corrected chi connectivity index (χ1v) is 5.21. The van der Waals surface area contributed by atoms with Gasteiger partial charge >= 0.3 is 11.9 Å². The van der Waals surface area contributed by atoms with E-state index in [2.05, 4.69) is 5.32 Å². The molecule has 0 spiro atoms. The van der Waals surface area contributed by atoms with Crippen LogP contribution in [0.2, 0.25) is 0 Å². The highest BCUT2D eigenvalue weighted by molar-refractivity contribution is 5.73. The highest BCUT2D eigenvalue weighted by atomic mass is 16.5. The van der Waals surface area contributed by atoms with Gasteiger partial charge in [-0.3, -0.25) is 14.9 Å². The highest BCUT2D eigenvalue weighted by Gasteiger charge is 2.04. The van der Waals surface area contributed by atoms with E-state index in [1.165, 1.54) is 0 Å². The number of hydrogen-bond donors (Lipinski definition) is 2. The second kappa shape index (κ2) is 6.65. The third-order valence-electron chi connectivity index (χ3n) is 2.07. The van der Waals surface area contributed by atoms with Crippen molar-refractivity contribution in [1.29, 1.82) is 0 Å². The highest BCUT2D eigenvalue weighted by Crippen LogP contribution is 2.04. The predicted octanol–water partition coefficient (Wildman–Crippen LogP) is 0.712. The van der Waals surface area contributed by atoms with Crippen LogP contribution in [0.1, 0.15) is 11.1 Å². The van der Waals surface area contributed by atoms with Gasteiger partial charge in [0.25, 0.3) is 0 Å². The van der Waals surface area contributed by atoms with Crippen molar-refractivity contribution < 1.29 is 19.4 Å². The number of aliphatic carboxylic acids is 1. The number of carbonyl (C=O) groups is 2. The van der Waals surface area contributed by atoms with Gasteiger partial charge in [-0.25, -0.2) is 0 Å². The minimum absolute atomic E-state index is 0.0990. The van der Waals surface area contributed by atoms with Crippen molar-refractivity contribution >= 4 is 11.9 Å². The molecule has 92 valence electrons. The van der Waals surface area contributed by atoms with Crippen molar-refractivity contribution in [2.75, 3.05) is 13.1 Å². The maximum absolute atomic E-state index is 11.2. The van der Waals surface area contributed by atoms with Crippen LogP contribution in [0.25, 0.3) is 0 Å². The maximum atomic E-state index is 11.2. The van der Waals surface area contributed by atoms with Gasteiger partial charge in [0.15, 0.2) is 0 Å². The Morgan fingerprint density at radius 1 is 1.24 bits per heavy atom. The zero-order valence-corrected chi connectivity index (χ0v) is 9.60. The van der Waals surface area contributed by atoms with E-state index >= 15 is 0 Å². The van der Waals surface area contributed by atoms with E-state index in [9.17, 15) is 9.59 Å². The first kappa shape index (κ1) is 13.2. The molecule has 1 rings (SSSR count). The molecule has 0 fully saturated rings. The van der Waals surface area contributed by atoms with Crippen molar-refractivity contribution in [3.05, 3.63) is 35.4 Å². The largest absolute Gasteiger partial charge is 0.480 e. The zero-order chi connectivity index (χ0) is 12.7. The number of esters is 1. The van der Waals surface area contributed by atoms with Crippen molar-refractivity contribution in [2.24, 2.45) is 0 Å². The van der Waals surface area contributed by atoms with E-state index < -0.39 is 11.9 Å². The van der Waals surface area contributed by atoms with Crippen LogP contribution in [0.3, 0.4) is 0 Å². The van der Waals surface area contributed by atoms with Gasteiger partial charge in [0, 0.05) is 0 Å². The summed E-state index contributed by atoms with van der Waals surface area (Å²) in [5.41, 5.74) is 2.05. The molecule has 1 aromatic carbocycles. The van der Waals surface area contributed by atoms with E-state index in [-0.39, 0.29) is 19.7 Å². The van der Waals surface area contributed by atoms with Crippen LogP contribution >= 0.6 is 0 Å². The number of carbonyl (C=O) groups excluding carboxylic acids is 1. The van der Waals surface area contributed by atoms with Crippen LogP contribution in [-0.2, 0) is 20.9 Å². The molecule has 0 saturated carbocycles. The topological polar surface area (TPSA) is 75.6 Å². The van der Waals surface area contributed by atoms with Gasteiger partial charge in [-0.1, -0.05) is 29.8 Å². The lowest BCUT2D eigenvalue weighted by Gasteiger charge is -2.05. The first-order chi connectivity index (χ1) is 8.08. The lowest BCUT2D eigenvalue weighted by atomic mass is 10.2. The van der Waals surface area contributed by atoms with E-state index in [1.807, 2.05) is 31.2 Å². The predicted molar refractivity (Wildman–Crippen MR) is 61.5 cm³/mol. The molecule has 1 aromatic rings. The fourth-order valence-corrected chi connectivity index (χ4v) is 1.17. The number of carboxylic acids is 1. The fraction of sp³-hybridized carbons (Fsp3) is 0.333. The van der Waals surface area contributed by atoms with Gasteiger partial charge in [0.05, 0.1) is 13.1 Å². The molecule has 0 bridgehead atoms. The summed E-state index contributed by atoms with van der Waals surface area (Å²) in [7, 11) is 0. The summed E-state index contributed by atoms with van der Waals surface area (Å²) < 4.78 is 4.96. The Balaban J connectivity index is 2.23. The fourth-order valence-electron chi connectivity index (χ4n) is 1.17. The molecule has 0 unspecified atom stereocenters. The van der Waals surface area contributed by atoms with Gasteiger partial charge in [-0.2, -0.15) is 0 Å². The van der Waals surface area contributed by atoms with E-state index in [0.717, 1.165) is 11.1 Å². The van der Waals surface area contributed by atoms with E-state index in [4.69, 9.17) is 9.84 Å². The Kier molecular flexibility index (Phi) is 5.16. The van der Waals surface area contributed by atoms with Gasteiger partial charge in [-0.05, 0) is 12.5 Å². The molecule has 0 radical (unpaired) electrons. The minimum Gasteiger partial charge on any atom is -0.480 e. The third kappa shape index (κ3) is 5.67. The number of nitrogens with one attached hydrogen (secondary N) is 1. The van der Waals surface area contributed by atoms with Gasteiger partial charge in [0.1, 0.15) is 6.61 Å². The van der Waals surface area contributed by atoms with Crippen molar-refractivity contribution in [2.45, 2.75) is 13.5 Å². The Morgan fingerprint density at radius 3 is 2.47 bits per heavy atom. The number of carboxylic acid groups (broad SMARTS) is 1. The molecule has 0 aliphatic heterocycles. The van der Waals surface area contributed by atoms with Crippen molar-refractivity contribution in [3.63, 3.8) is 0 Å². The molecule has 0 saturated heterocycles. The average Bonchev–Trinajstić information content (AvgIpc) is 2.28. The quantitative estimate of drug-likeness (QED) is 0.713. The standard InChI is InChI=1S/C12H15NO4/c1-9-2-4-10(5-3-9)8-17-12(16)7-13-6-11(14)15/h2-5,13H,6-8H2,1H3,(H,14,15). The molecule has 0 amide bonds. The van der Waals surface area contributed by atoms with Crippen LogP contribution in [0.4, 0.5) is 0 Å². The molecule has 17 heavy (non-hydrogen) atoms. The van der Waals surface area contributed by atoms with E-state index in [0.29, 0.717) is 0 Å². The molecule has 5 heteroatoms. The molecule has 0 heterocycles. The normalized spacial score (nSPS) is 9.94. The van der Waals surface area contributed by atoms with Gasteiger partial charge in [0.2, 0.25) is 0 Å². The first-order valence-electron chi connectivity index (χ1n) is 5.21. The lowest BCUT2D eigenvalue weighted by molar-refractivity contribution is -0.144. The summed E-state index contributed by atoms with van der Waals surface area (Å²) in [6.45, 7) is 1.83. The lowest BCUT2D eigenvalue weighted by Crippen LogP contribution is -2.29. The second-order valence-corrected chi connectivity index (χ2v) is 3.64. The zero-order valence-electron chi connectivity index (χ0n) is 9.60. The smallest absolute Gasteiger partial charge is 0.320 e. The molecular weight excluding hydrogens is 222 g/mol. The second-order valence-electron chi connectivity index (χ2n) is 3.64. The Bertz CT molecular complexity index is 386. The van der Waals surface area contributed by atoms with Crippen LogP contribution in [0, 0.1) is 6.92 Å². The number of hydrogen-bond acceptors (Lipinski definition) is 4. The molecule has 2 N–H and O–H groups in total. The Morgan fingerprint density at radius 2 is 1.88 bits per heavy atom. The summed E-state index contributed by atoms with van der Waals surface area (Å²) in [5, 5.41) is 10.8. The van der Waals surface area contributed by atoms with Crippen LogP contribution in [0.15, 0.2) is 24.3 Å². The molecule has 0 aliphatic rings.